The van der Waals surface area contributed by atoms with E-state index in [4.69, 9.17) is 27.8 Å². The normalized spacial score (nSPS) is 15.0. The van der Waals surface area contributed by atoms with Crippen LogP contribution in [0.4, 0.5) is 0 Å². The molecule has 3 heterocycles. The van der Waals surface area contributed by atoms with E-state index < -0.39 is 26.1 Å². The molecule has 3 aromatic carbocycles. The lowest BCUT2D eigenvalue weighted by Crippen LogP contribution is -2.57. The van der Waals surface area contributed by atoms with Crippen LogP contribution in [0, 0.1) is 0 Å². The summed E-state index contributed by atoms with van der Waals surface area (Å²) in [6.45, 7) is 10.6. The van der Waals surface area contributed by atoms with Gasteiger partial charge in [-0.15, -0.1) is 0 Å². The first kappa shape index (κ1) is 61.8. The molecule has 0 atom stereocenters. The Bertz CT molecular complexity index is 1920. The maximum atomic E-state index is 14.5. The van der Waals surface area contributed by atoms with Crippen molar-refractivity contribution in [2.45, 2.75) is 212 Å². The zero-order chi connectivity index (χ0) is 54.3. The number of hydrogen-bond acceptors (Lipinski definition) is 10. The molecule has 0 saturated carbocycles. The highest BCUT2D eigenvalue weighted by atomic mass is 31.2. The van der Waals surface area contributed by atoms with Crippen molar-refractivity contribution in [1.29, 1.82) is 0 Å². The minimum atomic E-state index is -4.14. The first-order chi connectivity index (χ1) is 37.6. The van der Waals surface area contributed by atoms with Crippen LogP contribution < -0.4 is 14.2 Å². The van der Waals surface area contributed by atoms with Crippen molar-refractivity contribution < 1.29 is 46.7 Å². The topological polar surface area (TPSA) is 133 Å². The first-order valence-corrected chi connectivity index (χ1v) is 31.7. The van der Waals surface area contributed by atoms with E-state index in [1.807, 2.05) is 36.4 Å². The second kappa shape index (κ2) is 35.2. The number of phosphoric acid groups is 1. The van der Waals surface area contributed by atoms with Crippen molar-refractivity contribution >= 4 is 25.5 Å². The molecule has 3 saturated heterocycles. The summed E-state index contributed by atoms with van der Waals surface area (Å²) >= 11 is 0. The minimum absolute atomic E-state index is 0.0244. The zero-order valence-electron chi connectivity index (χ0n) is 47.5. The van der Waals surface area contributed by atoms with E-state index in [0.29, 0.717) is 38.5 Å². The second-order valence-corrected chi connectivity index (χ2v) is 23.4. The van der Waals surface area contributed by atoms with E-state index in [2.05, 4.69) is 57.2 Å². The summed E-state index contributed by atoms with van der Waals surface area (Å²) in [6, 6.07) is 24.5. The minimum Gasteiger partial charge on any atom is -0.494 e. The summed E-state index contributed by atoms with van der Waals surface area (Å²) in [5.41, 5.74) is 3.48. The highest BCUT2D eigenvalue weighted by Crippen LogP contribution is 2.55. The van der Waals surface area contributed by atoms with Crippen LogP contribution in [0.1, 0.15) is 192 Å². The number of carbonyl (C=O) groups is 3. The van der Waals surface area contributed by atoms with Gasteiger partial charge in [0.15, 0.2) is 0 Å². The molecule has 0 spiro atoms. The van der Waals surface area contributed by atoms with Crippen LogP contribution in [0.25, 0.3) is 0 Å². The molecule has 14 heteroatoms. The predicted molar refractivity (Wildman–Crippen MR) is 307 cm³/mol. The quantitative estimate of drug-likeness (QED) is 0.0399. The van der Waals surface area contributed by atoms with Crippen LogP contribution in [-0.4, -0.2) is 110 Å². The number of unbranched alkanes of at least 4 members (excludes halogenated alkanes) is 15. The van der Waals surface area contributed by atoms with Gasteiger partial charge in [-0.1, -0.05) is 153 Å². The van der Waals surface area contributed by atoms with Crippen LogP contribution in [-0.2, 0) is 51.8 Å². The van der Waals surface area contributed by atoms with Gasteiger partial charge in [0.2, 0.25) is 17.7 Å². The molecule has 3 aromatic rings. The van der Waals surface area contributed by atoms with Gasteiger partial charge in [0.05, 0.1) is 19.8 Å². The Hall–Kier alpha value is -4.42. The number of aryl methyl sites for hydroxylation is 3. The Morgan fingerprint density at radius 2 is 0.623 bits per heavy atom. The van der Waals surface area contributed by atoms with Gasteiger partial charge in [-0.3, -0.25) is 28.0 Å². The van der Waals surface area contributed by atoms with Crippen LogP contribution in [0.5, 0.6) is 17.2 Å². The van der Waals surface area contributed by atoms with Crippen molar-refractivity contribution in [2.75, 3.05) is 59.1 Å². The number of amides is 3. The van der Waals surface area contributed by atoms with Crippen LogP contribution in [0.3, 0.4) is 0 Å². The molecule has 428 valence electrons. The van der Waals surface area contributed by atoms with E-state index in [1.165, 1.54) is 96.3 Å². The van der Waals surface area contributed by atoms with Crippen molar-refractivity contribution in [3.8, 4) is 17.2 Å². The molecule has 0 aliphatic carbocycles. The van der Waals surface area contributed by atoms with Gasteiger partial charge in [-0.2, -0.15) is 0 Å². The van der Waals surface area contributed by atoms with Gasteiger partial charge in [0.25, 0.3) is 0 Å². The molecule has 3 amide bonds. The maximum absolute atomic E-state index is 14.5. The summed E-state index contributed by atoms with van der Waals surface area (Å²) in [4.78, 5) is 44.8. The highest BCUT2D eigenvalue weighted by Gasteiger charge is 2.46. The number of hydrogen-bond donors (Lipinski definition) is 0. The average Bonchev–Trinajstić information content (AvgIpc) is 3.40. The van der Waals surface area contributed by atoms with Gasteiger partial charge in [0, 0.05) is 58.5 Å². The number of phosphoric ester groups is 1. The van der Waals surface area contributed by atoms with Crippen LogP contribution in [0.15, 0.2) is 72.8 Å². The fraction of sp³-hybridized carbons (Fsp3) is 0.667. The van der Waals surface area contributed by atoms with Crippen molar-refractivity contribution in [1.82, 2.24) is 14.7 Å². The Kier molecular flexibility index (Phi) is 28.3. The molecule has 0 N–H and O–H groups in total. The summed E-state index contributed by atoms with van der Waals surface area (Å²) < 4.78 is 50.6. The number of nitrogens with zero attached hydrogens (tertiary/aromatic N) is 3. The van der Waals surface area contributed by atoms with Gasteiger partial charge in [-0.05, 0) is 111 Å². The molecule has 0 aromatic heterocycles. The monoisotopic (exact) mass is 1090 g/mol. The zero-order valence-corrected chi connectivity index (χ0v) is 48.4. The molecule has 0 unspecified atom stereocenters. The standard InChI is InChI=1S/C63H96N3O10P/c1-4-7-10-13-16-19-43-71-55-37-31-52(32-38-55)25-22-28-61(67)64-46-58(47-64)74-77(70,75-59-48-65(49-59)62(68)29-23-26-53-33-39-56(40-34-53)72-44-20-17-14-11-8-5-2)76-60-50-66(51-60)63(69)30-24-27-54-35-41-57(42-36-54)73-45-21-18-15-12-9-6-3/h31-42,58-60H,4-30,43-51H2,1-3H3. The lowest BCUT2D eigenvalue weighted by atomic mass is 10.1. The Balaban J connectivity index is 0.898. The number of benzene rings is 3. The van der Waals surface area contributed by atoms with Gasteiger partial charge in [0.1, 0.15) is 35.6 Å². The number of likely N-dealkylation sites (tertiary alicyclic amines) is 3. The van der Waals surface area contributed by atoms with Crippen molar-refractivity contribution in [3.05, 3.63) is 89.5 Å². The molecule has 3 aliphatic heterocycles. The first-order valence-electron chi connectivity index (χ1n) is 30.3. The van der Waals surface area contributed by atoms with Crippen LogP contribution in [0.2, 0.25) is 0 Å². The number of ether oxygens (including phenoxy) is 3. The maximum Gasteiger partial charge on any atom is 0.475 e. The molecular weight excluding hydrogens is 990 g/mol. The smallest absolute Gasteiger partial charge is 0.475 e. The molecular formula is C63H96N3O10P. The fourth-order valence-electron chi connectivity index (χ4n) is 10.0. The third-order valence-corrected chi connectivity index (χ3v) is 16.7. The molecule has 13 nitrogen and oxygen atoms in total. The van der Waals surface area contributed by atoms with E-state index in [9.17, 15) is 18.9 Å². The number of rotatable bonds is 42. The van der Waals surface area contributed by atoms with E-state index in [0.717, 1.165) is 92.3 Å². The molecule has 0 radical (unpaired) electrons. The lowest BCUT2D eigenvalue weighted by molar-refractivity contribution is -0.147. The Morgan fingerprint density at radius 1 is 0.377 bits per heavy atom. The third kappa shape index (κ3) is 23.4. The van der Waals surface area contributed by atoms with Gasteiger partial charge in [-0.25, -0.2) is 4.57 Å². The number of carbonyl (C=O) groups excluding carboxylic acids is 3. The Morgan fingerprint density at radius 3 is 0.883 bits per heavy atom. The van der Waals surface area contributed by atoms with Gasteiger partial charge >= 0.3 is 7.82 Å². The van der Waals surface area contributed by atoms with Crippen molar-refractivity contribution in [2.24, 2.45) is 0 Å². The average molecular weight is 1090 g/mol. The van der Waals surface area contributed by atoms with E-state index in [1.54, 1.807) is 14.7 Å². The largest absolute Gasteiger partial charge is 0.494 e. The molecule has 6 rings (SSSR count). The predicted octanol–water partition coefficient (Wildman–Crippen LogP) is 14.1. The summed E-state index contributed by atoms with van der Waals surface area (Å²) in [6.07, 6.45) is 26.2. The molecule has 3 fully saturated rings. The van der Waals surface area contributed by atoms with E-state index in [-0.39, 0.29) is 57.0 Å². The van der Waals surface area contributed by atoms with Gasteiger partial charge < -0.3 is 28.9 Å². The fourth-order valence-corrected chi connectivity index (χ4v) is 11.7. The third-order valence-electron chi connectivity index (χ3n) is 15.1. The van der Waals surface area contributed by atoms with E-state index >= 15 is 0 Å². The second-order valence-electron chi connectivity index (χ2n) is 21.9. The van der Waals surface area contributed by atoms with Crippen molar-refractivity contribution in [3.63, 3.8) is 0 Å². The summed E-state index contributed by atoms with van der Waals surface area (Å²) in [5, 5.41) is 0. The summed E-state index contributed by atoms with van der Waals surface area (Å²) in [5.74, 6) is 2.71. The Labute approximate surface area is 463 Å². The lowest BCUT2D eigenvalue weighted by Gasteiger charge is -2.45. The molecule has 3 aliphatic rings. The summed E-state index contributed by atoms with van der Waals surface area (Å²) in [7, 11) is -4.14. The van der Waals surface area contributed by atoms with Crippen LogP contribution >= 0.6 is 7.82 Å². The molecule has 0 bridgehead atoms. The highest BCUT2D eigenvalue weighted by molar-refractivity contribution is 7.48. The molecule has 77 heavy (non-hydrogen) atoms. The SMILES string of the molecule is CCCCCCCCOc1ccc(CCCC(=O)N2CC(OP(=O)(OC3CN(C(=O)CCCc4ccc(OCCCCCCCC)cc4)C3)OC3CN(C(=O)CCCc4ccc(OCCCCCCCC)cc4)C3)C2)cc1.